The maximum atomic E-state index is 13.3. The van der Waals surface area contributed by atoms with Crippen LogP contribution in [0.3, 0.4) is 0 Å². The number of hydrogen-bond donors (Lipinski definition) is 0. The highest BCUT2D eigenvalue weighted by Gasteiger charge is 2.18. The Morgan fingerprint density at radius 2 is 1.78 bits per heavy atom. The van der Waals surface area contributed by atoms with E-state index in [1.165, 1.54) is 27.8 Å². The van der Waals surface area contributed by atoms with Crippen LogP contribution in [-0.4, -0.2) is 31.5 Å². The largest absolute Gasteiger partial charge is 0.333 e. The quantitative estimate of drug-likeness (QED) is 0.252. The van der Waals surface area contributed by atoms with E-state index in [1.807, 2.05) is 23.2 Å². The zero-order chi connectivity index (χ0) is 22.5. The Balaban J connectivity index is 1.53. The van der Waals surface area contributed by atoms with Gasteiger partial charge < -0.3 is 4.90 Å². The van der Waals surface area contributed by atoms with Crippen molar-refractivity contribution in [1.82, 2.24) is 19.9 Å². The lowest BCUT2D eigenvalue weighted by molar-refractivity contribution is -0.129. The molecule has 164 valence electrons. The van der Waals surface area contributed by atoms with E-state index in [0.29, 0.717) is 18.8 Å². The van der Waals surface area contributed by atoms with Crippen LogP contribution in [0.4, 0.5) is 0 Å². The fourth-order valence-electron chi connectivity index (χ4n) is 3.53. The molecular formula is C25H26N4OS2. The second-order valence-corrected chi connectivity index (χ2v) is 9.88. The summed E-state index contributed by atoms with van der Waals surface area (Å²) in [6.45, 7) is 7.43. The summed E-state index contributed by atoms with van der Waals surface area (Å²) in [5.41, 5.74) is 4.63. The minimum Gasteiger partial charge on any atom is -0.333 e. The van der Waals surface area contributed by atoms with Crippen LogP contribution in [0.1, 0.15) is 34.1 Å². The maximum Gasteiger partial charge on any atom is 0.233 e. The number of thiophene rings is 1. The normalized spacial score (nSPS) is 11.1. The molecule has 5 nitrogen and oxygen atoms in total. The average molecular weight is 463 g/mol. The number of aryl methyl sites for hydroxylation is 3. The van der Waals surface area contributed by atoms with Gasteiger partial charge in [0.2, 0.25) is 5.91 Å². The number of fused-ring (bicyclic) bond motifs is 1. The van der Waals surface area contributed by atoms with Crippen molar-refractivity contribution in [3.05, 3.63) is 82.3 Å². The molecule has 0 saturated carbocycles. The Labute approximate surface area is 196 Å². The maximum absolute atomic E-state index is 13.3. The number of rotatable bonds is 8. The van der Waals surface area contributed by atoms with E-state index < -0.39 is 0 Å². The molecule has 0 atom stereocenters. The van der Waals surface area contributed by atoms with Gasteiger partial charge in [0.15, 0.2) is 0 Å². The molecule has 0 spiro atoms. The molecular weight excluding hydrogens is 436 g/mol. The fourth-order valence-corrected chi connectivity index (χ4v) is 5.55. The summed E-state index contributed by atoms with van der Waals surface area (Å²) >= 11 is 3.16. The summed E-state index contributed by atoms with van der Waals surface area (Å²) in [4.78, 5) is 30.5. The summed E-state index contributed by atoms with van der Waals surface area (Å²) in [6.07, 6.45) is 6.16. The molecule has 3 heterocycles. The monoisotopic (exact) mass is 462 g/mol. The molecule has 3 aromatic heterocycles. The van der Waals surface area contributed by atoms with Crippen LogP contribution in [0, 0.1) is 13.8 Å². The molecule has 0 aliphatic heterocycles. The zero-order valence-electron chi connectivity index (χ0n) is 18.5. The van der Waals surface area contributed by atoms with Crippen molar-refractivity contribution < 1.29 is 4.79 Å². The van der Waals surface area contributed by atoms with Crippen molar-refractivity contribution in [3.8, 4) is 0 Å². The van der Waals surface area contributed by atoms with Gasteiger partial charge in [0, 0.05) is 35.7 Å². The van der Waals surface area contributed by atoms with Crippen molar-refractivity contribution >= 4 is 39.2 Å². The predicted molar refractivity (Wildman–Crippen MR) is 132 cm³/mol. The molecule has 0 fully saturated rings. The molecule has 0 radical (unpaired) electrons. The van der Waals surface area contributed by atoms with E-state index in [2.05, 4.69) is 60.0 Å². The van der Waals surface area contributed by atoms with E-state index in [4.69, 9.17) is 0 Å². The number of benzene rings is 1. The van der Waals surface area contributed by atoms with Crippen LogP contribution >= 0.6 is 23.1 Å². The number of aromatic nitrogens is 3. The number of pyridine rings is 1. The van der Waals surface area contributed by atoms with Crippen LogP contribution in [0.15, 0.2) is 60.1 Å². The van der Waals surface area contributed by atoms with Gasteiger partial charge in [0.1, 0.15) is 16.2 Å². The third-order valence-corrected chi connectivity index (χ3v) is 7.61. The third kappa shape index (κ3) is 5.16. The standard InChI is InChI=1S/C25H26N4OS2/c1-4-19-7-9-20(10-8-19)13-29(14-21-6-5-11-26-12-21)22(30)15-31-24-23-17(2)18(3)32-25(23)28-16-27-24/h5-12,16H,4,13-15H2,1-3H3. The van der Waals surface area contributed by atoms with Gasteiger partial charge in [-0.25, -0.2) is 9.97 Å². The van der Waals surface area contributed by atoms with Gasteiger partial charge in [0.25, 0.3) is 0 Å². The van der Waals surface area contributed by atoms with E-state index in [0.717, 1.165) is 32.8 Å². The van der Waals surface area contributed by atoms with Crippen molar-refractivity contribution in [3.63, 3.8) is 0 Å². The lowest BCUT2D eigenvalue weighted by Crippen LogP contribution is -2.31. The summed E-state index contributed by atoms with van der Waals surface area (Å²) in [7, 11) is 0. The molecule has 0 aliphatic rings. The van der Waals surface area contributed by atoms with Gasteiger partial charge >= 0.3 is 0 Å². The van der Waals surface area contributed by atoms with Crippen LogP contribution < -0.4 is 0 Å². The predicted octanol–water partition coefficient (Wildman–Crippen LogP) is 5.59. The third-order valence-electron chi connectivity index (χ3n) is 5.52. The molecule has 32 heavy (non-hydrogen) atoms. The molecule has 0 bridgehead atoms. The Hall–Kier alpha value is -2.77. The van der Waals surface area contributed by atoms with Crippen molar-refractivity contribution in [1.29, 1.82) is 0 Å². The Bertz CT molecular complexity index is 1210. The van der Waals surface area contributed by atoms with Gasteiger partial charge in [-0.15, -0.1) is 11.3 Å². The molecule has 4 aromatic rings. The Morgan fingerprint density at radius 1 is 1.03 bits per heavy atom. The van der Waals surface area contributed by atoms with Crippen LogP contribution in [0.5, 0.6) is 0 Å². The number of thioether (sulfide) groups is 1. The SMILES string of the molecule is CCc1ccc(CN(Cc2cccnc2)C(=O)CSc2ncnc3sc(C)c(C)c23)cc1. The zero-order valence-corrected chi connectivity index (χ0v) is 20.2. The number of nitrogens with zero attached hydrogens (tertiary/aromatic N) is 4. The van der Waals surface area contributed by atoms with E-state index >= 15 is 0 Å². The van der Waals surface area contributed by atoms with Gasteiger partial charge in [-0.3, -0.25) is 9.78 Å². The lowest BCUT2D eigenvalue weighted by atomic mass is 10.1. The summed E-state index contributed by atoms with van der Waals surface area (Å²) in [5, 5.41) is 1.94. The molecule has 0 aliphatic carbocycles. The minimum absolute atomic E-state index is 0.0785. The van der Waals surface area contributed by atoms with Gasteiger partial charge in [0.05, 0.1) is 5.75 Å². The molecule has 4 rings (SSSR count). The van der Waals surface area contributed by atoms with Crippen molar-refractivity contribution in [2.75, 3.05) is 5.75 Å². The molecule has 0 saturated heterocycles. The first-order valence-corrected chi connectivity index (χ1v) is 12.4. The van der Waals surface area contributed by atoms with Gasteiger partial charge in [-0.05, 0) is 48.6 Å². The first-order chi connectivity index (χ1) is 15.5. The topological polar surface area (TPSA) is 59.0 Å². The highest BCUT2D eigenvalue weighted by molar-refractivity contribution is 8.00. The van der Waals surface area contributed by atoms with Crippen molar-refractivity contribution in [2.24, 2.45) is 0 Å². The van der Waals surface area contributed by atoms with Gasteiger partial charge in [-0.2, -0.15) is 0 Å². The fraction of sp³-hybridized carbons (Fsp3) is 0.280. The molecule has 7 heteroatoms. The lowest BCUT2D eigenvalue weighted by Gasteiger charge is -2.23. The second kappa shape index (κ2) is 10.2. The highest BCUT2D eigenvalue weighted by Crippen LogP contribution is 2.34. The number of hydrogen-bond acceptors (Lipinski definition) is 6. The van der Waals surface area contributed by atoms with E-state index in [-0.39, 0.29) is 5.91 Å². The number of carbonyl (C=O) groups excluding carboxylic acids is 1. The Morgan fingerprint density at radius 3 is 2.50 bits per heavy atom. The van der Waals surface area contributed by atoms with E-state index in [1.54, 1.807) is 23.9 Å². The first-order valence-electron chi connectivity index (χ1n) is 10.6. The molecule has 0 N–H and O–H groups in total. The van der Waals surface area contributed by atoms with Crippen LogP contribution in [0.2, 0.25) is 0 Å². The summed E-state index contributed by atoms with van der Waals surface area (Å²) in [5.74, 6) is 0.406. The first kappa shape index (κ1) is 22.4. The summed E-state index contributed by atoms with van der Waals surface area (Å²) in [6, 6.07) is 12.4. The smallest absolute Gasteiger partial charge is 0.233 e. The summed E-state index contributed by atoms with van der Waals surface area (Å²) < 4.78 is 0. The molecule has 0 unspecified atom stereocenters. The highest BCUT2D eigenvalue weighted by atomic mass is 32.2. The molecule has 1 amide bonds. The van der Waals surface area contributed by atoms with E-state index in [9.17, 15) is 4.79 Å². The number of amides is 1. The average Bonchev–Trinajstić information content (AvgIpc) is 3.12. The Kier molecular flexibility index (Phi) is 7.17. The van der Waals surface area contributed by atoms with Crippen molar-refractivity contribution in [2.45, 2.75) is 45.3 Å². The van der Waals surface area contributed by atoms with Crippen LogP contribution in [-0.2, 0) is 24.3 Å². The number of carbonyl (C=O) groups is 1. The second-order valence-electron chi connectivity index (χ2n) is 7.71. The van der Waals surface area contributed by atoms with Gasteiger partial charge in [-0.1, -0.05) is 49.0 Å². The van der Waals surface area contributed by atoms with Crippen LogP contribution in [0.25, 0.3) is 10.2 Å². The minimum atomic E-state index is 0.0785. The molecule has 1 aromatic carbocycles.